The van der Waals surface area contributed by atoms with Gasteiger partial charge in [0.25, 0.3) is 0 Å². The van der Waals surface area contributed by atoms with Gasteiger partial charge in [-0.1, -0.05) is 66.7 Å². The van der Waals surface area contributed by atoms with Crippen molar-refractivity contribution in [2.45, 2.75) is 44.2 Å². The molecule has 198 valence electrons. The molecular formula is C29H29NO8. The van der Waals surface area contributed by atoms with Gasteiger partial charge in [-0.15, -0.1) is 0 Å². The average molecular weight is 520 g/mol. The number of hydrogen-bond donors (Lipinski definition) is 2. The minimum absolute atomic E-state index is 0.101. The molecule has 4 rings (SSSR count). The zero-order valence-corrected chi connectivity index (χ0v) is 20.8. The average Bonchev–Trinajstić information content (AvgIpc) is 2.94. The van der Waals surface area contributed by atoms with Gasteiger partial charge in [-0.2, -0.15) is 0 Å². The Morgan fingerprint density at radius 2 is 1.37 bits per heavy atom. The lowest BCUT2D eigenvalue weighted by atomic mass is 9.96. The first-order valence-corrected chi connectivity index (χ1v) is 12.2. The molecule has 38 heavy (non-hydrogen) atoms. The molecule has 3 aromatic rings. The third kappa shape index (κ3) is 7.04. The van der Waals surface area contributed by atoms with Crippen molar-refractivity contribution in [3.8, 4) is 0 Å². The summed E-state index contributed by atoms with van der Waals surface area (Å²) in [6, 6.07) is 24.9. The van der Waals surface area contributed by atoms with E-state index < -0.39 is 48.5 Å². The van der Waals surface area contributed by atoms with E-state index in [9.17, 15) is 19.5 Å². The minimum Gasteiger partial charge on any atom is -0.459 e. The number of aliphatic hydroxyl groups excluding tert-OH is 1. The fraction of sp³-hybridized carbons (Fsp3) is 0.276. The minimum atomic E-state index is -1.52. The van der Waals surface area contributed by atoms with Crippen molar-refractivity contribution in [3.63, 3.8) is 0 Å². The number of ether oxygens (including phenoxy) is 4. The highest BCUT2D eigenvalue weighted by Crippen LogP contribution is 2.28. The van der Waals surface area contributed by atoms with Gasteiger partial charge >= 0.3 is 11.9 Å². The molecule has 1 heterocycles. The molecule has 1 aliphatic rings. The second-order valence-corrected chi connectivity index (χ2v) is 8.75. The summed E-state index contributed by atoms with van der Waals surface area (Å²) < 4.78 is 23.2. The summed E-state index contributed by atoms with van der Waals surface area (Å²) in [4.78, 5) is 37.6. The van der Waals surface area contributed by atoms with Crippen molar-refractivity contribution in [3.05, 3.63) is 108 Å². The second-order valence-electron chi connectivity index (χ2n) is 8.75. The number of carbonyl (C=O) groups is 3. The fourth-order valence-electron chi connectivity index (χ4n) is 4.13. The van der Waals surface area contributed by atoms with Crippen LogP contribution in [0.1, 0.15) is 33.2 Å². The molecule has 0 bridgehead atoms. The molecule has 1 amide bonds. The van der Waals surface area contributed by atoms with Crippen LogP contribution in [0.3, 0.4) is 0 Å². The maximum Gasteiger partial charge on any atom is 0.338 e. The molecule has 0 aromatic heterocycles. The van der Waals surface area contributed by atoms with Crippen molar-refractivity contribution < 1.29 is 38.4 Å². The van der Waals surface area contributed by atoms with Crippen molar-refractivity contribution >= 4 is 17.8 Å². The number of esters is 2. The Labute approximate surface area is 220 Å². The molecule has 2 N–H and O–H groups in total. The lowest BCUT2D eigenvalue weighted by molar-refractivity contribution is -0.263. The normalized spacial score (nSPS) is 22.7. The number of rotatable bonds is 9. The zero-order valence-electron chi connectivity index (χ0n) is 20.8. The van der Waals surface area contributed by atoms with Crippen LogP contribution in [0, 0.1) is 0 Å². The molecule has 0 radical (unpaired) electrons. The monoisotopic (exact) mass is 519 g/mol. The fourth-order valence-corrected chi connectivity index (χ4v) is 4.13. The molecular weight excluding hydrogens is 490 g/mol. The van der Waals surface area contributed by atoms with Gasteiger partial charge in [0.15, 0.2) is 12.4 Å². The Hall–Kier alpha value is -4.05. The number of carbonyl (C=O) groups excluding carboxylic acids is 3. The van der Waals surface area contributed by atoms with E-state index >= 15 is 0 Å². The van der Waals surface area contributed by atoms with E-state index in [0.29, 0.717) is 5.56 Å². The van der Waals surface area contributed by atoms with Crippen molar-refractivity contribution in [1.29, 1.82) is 0 Å². The molecule has 0 aliphatic carbocycles. The number of aliphatic hydroxyl groups is 1. The molecule has 0 saturated carbocycles. The Bertz CT molecular complexity index is 1210. The summed E-state index contributed by atoms with van der Waals surface area (Å²) in [5.74, 6) is -1.71. The van der Waals surface area contributed by atoms with Crippen LogP contribution < -0.4 is 5.32 Å². The van der Waals surface area contributed by atoms with Gasteiger partial charge in [0.2, 0.25) is 5.91 Å². The first kappa shape index (κ1) is 27.0. The van der Waals surface area contributed by atoms with E-state index in [1.807, 2.05) is 30.3 Å². The standard InChI is InChI=1S/C29H29NO8/c1-19(31)30-24-26(35-17-20-11-5-2-6-12-20)25(38-28(33)22-15-9-4-10-16-22)23(37-29(24)34)18-36-27(32)21-13-7-3-8-14-21/h2-16,23-26,29,34H,17-18H2,1H3,(H,30,31)/t23-,24-,25-,26-,29+/m1/s1. The number of benzene rings is 3. The molecule has 1 aliphatic heterocycles. The van der Waals surface area contributed by atoms with Crippen molar-refractivity contribution in [1.82, 2.24) is 5.32 Å². The van der Waals surface area contributed by atoms with Gasteiger partial charge < -0.3 is 29.4 Å². The lowest BCUT2D eigenvalue weighted by Gasteiger charge is -2.44. The van der Waals surface area contributed by atoms with Gasteiger partial charge in [0.1, 0.15) is 24.9 Å². The summed E-state index contributed by atoms with van der Waals surface area (Å²) in [5, 5.41) is 13.4. The van der Waals surface area contributed by atoms with Crippen LogP contribution in [-0.4, -0.2) is 60.2 Å². The maximum absolute atomic E-state index is 13.1. The Morgan fingerprint density at radius 3 is 1.95 bits per heavy atom. The zero-order chi connectivity index (χ0) is 26.9. The highest BCUT2D eigenvalue weighted by molar-refractivity contribution is 5.90. The molecule has 3 aromatic carbocycles. The lowest BCUT2D eigenvalue weighted by Crippen LogP contribution is -2.65. The predicted molar refractivity (Wildman–Crippen MR) is 136 cm³/mol. The molecule has 1 saturated heterocycles. The topological polar surface area (TPSA) is 120 Å². The van der Waals surface area contributed by atoms with Crippen LogP contribution in [0.2, 0.25) is 0 Å². The summed E-state index contributed by atoms with van der Waals surface area (Å²) in [6.07, 6.45) is -4.78. The molecule has 5 atom stereocenters. The molecule has 0 spiro atoms. The quantitative estimate of drug-likeness (QED) is 0.414. The molecule has 0 unspecified atom stereocenters. The first-order chi connectivity index (χ1) is 18.4. The Morgan fingerprint density at radius 1 is 0.816 bits per heavy atom. The second kappa shape index (κ2) is 13.0. The third-order valence-electron chi connectivity index (χ3n) is 5.96. The summed E-state index contributed by atoms with van der Waals surface area (Å²) in [7, 11) is 0. The number of amides is 1. The highest BCUT2D eigenvalue weighted by Gasteiger charge is 2.49. The van der Waals surface area contributed by atoms with E-state index in [1.54, 1.807) is 60.7 Å². The van der Waals surface area contributed by atoms with Crippen LogP contribution in [0.5, 0.6) is 0 Å². The Balaban J connectivity index is 1.60. The Kier molecular flexibility index (Phi) is 9.21. The van der Waals surface area contributed by atoms with Crippen LogP contribution in [0.15, 0.2) is 91.0 Å². The van der Waals surface area contributed by atoms with Crippen molar-refractivity contribution in [2.75, 3.05) is 6.61 Å². The van der Waals surface area contributed by atoms with Gasteiger partial charge in [-0.3, -0.25) is 4.79 Å². The number of hydrogen-bond acceptors (Lipinski definition) is 8. The summed E-state index contributed by atoms with van der Waals surface area (Å²) in [5.41, 5.74) is 1.45. The smallest absolute Gasteiger partial charge is 0.338 e. The van der Waals surface area contributed by atoms with E-state index in [1.165, 1.54) is 6.92 Å². The van der Waals surface area contributed by atoms with Gasteiger partial charge in [0, 0.05) is 6.92 Å². The third-order valence-corrected chi connectivity index (χ3v) is 5.96. The summed E-state index contributed by atoms with van der Waals surface area (Å²) in [6.45, 7) is 1.05. The highest BCUT2D eigenvalue weighted by atomic mass is 16.7. The van der Waals surface area contributed by atoms with Crippen LogP contribution >= 0.6 is 0 Å². The van der Waals surface area contributed by atoms with Crippen LogP contribution in [-0.2, 0) is 30.3 Å². The molecule has 9 heteroatoms. The van der Waals surface area contributed by atoms with E-state index in [0.717, 1.165) is 5.56 Å². The van der Waals surface area contributed by atoms with Gasteiger partial charge in [0.05, 0.1) is 17.7 Å². The van der Waals surface area contributed by atoms with Crippen LogP contribution in [0.25, 0.3) is 0 Å². The predicted octanol–water partition coefficient (Wildman–Crippen LogP) is 2.88. The van der Waals surface area contributed by atoms with E-state index in [4.69, 9.17) is 18.9 Å². The van der Waals surface area contributed by atoms with Gasteiger partial charge in [-0.05, 0) is 29.8 Å². The van der Waals surface area contributed by atoms with E-state index in [2.05, 4.69) is 5.32 Å². The molecule has 9 nitrogen and oxygen atoms in total. The molecule has 1 fully saturated rings. The largest absolute Gasteiger partial charge is 0.459 e. The number of nitrogens with one attached hydrogen (secondary N) is 1. The van der Waals surface area contributed by atoms with Gasteiger partial charge in [-0.25, -0.2) is 9.59 Å². The van der Waals surface area contributed by atoms with Crippen molar-refractivity contribution in [2.24, 2.45) is 0 Å². The SMILES string of the molecule is CC(=O)N[C@@H]1[C@@H](OCc2ccccc2)[C@H](OC(=O)c2ccccc2)[C@@H](COC(=O)c2ccccc2)O[C@@H]1O. The summed E-state index contributed by atoms with van der Waals surface area (Å²) >= 11 is 0. The maximum atomic E-state index is 13.1. The first-order valence-electron chi connectivity index (χ1n) is 12.2. The van der Waals surface area contributed by atoms with Crippen LogP contribution in [0.4, 0.5) is 0 Å². The van der Waals surface area contributed by atoms with E-state index in [-0.39, 0.29) is 18.8 Å².